The molecule has 0 saturated carbocycles. The molecule has 0 bridgehead atoms. The van der Waals surface area contributed by atoms with Crippen molar-refractivity contribution >= 4 is 17.9 Å². The van der Waals surface area contributed by atoms with E-state index in [9.17, 15) is 13.6 Å². The number of alkyl halides is 2. The van der Waals surface area contributed by atoms with Gasteiger partial charge in [0.1, 0.15) is 16.9 Å². The van der Waals surface area contributed by atoms with Gasteiger partial charge in [-0.1, -0.05) is 11.6 Å². The second kappa shape index (κ2) is 4.11. The van der Waals surface area contributed by atoms with E-state index in [-0.39, 0.29) is 22.6 Å². The molecule has 0 aliphatic carbocycles. The van der Waals surface area contributed by atoms with Crippen LogP contribution in [-0.2, 0) is 0 Å². The van der Waals surface area contributed by atoms with Gasteiger partial charge in [-0.3, -0.25) is 4.79 Å². The lowest BCUT2D eigenvalue weighted by Gasteiger charge is -2.02. The van der Waals surface area contributed by atoms with Gasteiger partial charge in [0.25, 0.3) is 6.43 Å². The molecule has 0 radical (unpaired) electrons. The smallest absolute Gasteiger partial charge is 0.280 e. The SMILES string of the molecule is N#Cc1c(C=O)cc(C(F)F)nc1Cl. The summed E-state index contributed by atoms with van der Waals surface area (Å²) >= 11 is 5.43. The molecular weight excluding hydrogens is 214 g/mol. The van der Waals surface area contributed by atoms with Crippen LogP contribution in [0, 0.1) is 11.3 Å². The number of hydrogen-bond acceptors (Lipinski definition) is 3. The first kappa shape index (κ1) is 10.5. The molecule has 14 heavy (non-hydrogen) atoms. The molecule has 72 valence electrons. The molecule has 0 N–H and O–H groups in total. The largest absolute Gasteiger partial charge is 0.298 e. The van der Waals surface area contributed by atoms with E-state index in [1.165, 1.54) is 0 Å². The Morgan fingerprint density at radius 3 is 2.71 bits per heavy atom. The van der Waals surface area contributed by atoms with E-state index in [2.05, 4.69) is 4.98 Å². The lowest BCUT2D eigenvalue weighted by molar-refractivity contribution is 0.112. The van der Waals surface area contributed by atoms with E-state index < -0.39 is 12.1 Å². The quantitative estimate of drug-likeness (QED) is 0.563. The third-order valence-corrected chi connectivity index (χ3v) is 1.76. The fraction of sp³-hybridized carbons (Fsp3) is 0.125. The number of pyridine rings is 1. The zero-order valence-electron chi connectivity index (χ0n) is 6.67. The van der Waals surface area contributed by atoms with Gasteiger partial charge in [-0.25, -0.2) is 13.8 Å². The summed E-state index contributed by atoms with van der Waals surface area (Å²) in [5, 5.41) is 8.16. The molecule has 0 amide bonds. The Balaban J connectivity index is 3.40. The summed E-state index contributed by atoms with van der Waals surface area (Å²) in [5.74, 6) is 0. The van der Waals surface area contributed by atoms with Gasteiger partial charge in [-0.15, -0.1) is 0 Å². The van der Waals surface area contributed by atoms with Crippen LogP contribution in [0.5, 0.6) is 0 Å². The lowest BCUT2D eigenvalue weighted by atomic mass is 10.1. The second-order valence-corrected chi connectivity index (χ2v) is 2.69. The number of aldehydes is 1. The molecule has 0 unspecified atom stereocenters. The predicted octanol–water partition coefficient (Wildman–Crippen LogP) is 2.36. The van der Waals surface area contributed by atoms with Gasteiger partial charge in [0.05, 0.1) is 5.56 Å². The number of carbonyl (C=O) groups excluding carboxylic acids is 1. The molecular formula is C8H3ClF2N2O. The van der Waals surface area contributed by atoms with Crippen molar-refractivity contribution in [1.29, 1.82) is 5.26 Å². The molecule has 1 aromatic heterocycles. The van der Waals surface area contributed by atoms with E-state index in [1.54, 1.807) is 6.07 Å². The Bertz CT molecular complexity index is 415. The minimum atomic E-state index is -2.82. The minimum absolute atomic E-state index is 0.178. The molecule has 0 spiro atoms. The van der Waals surface area contributed by atoms with Gasteiger partial charge in [-0.2, -0.15) is 5.26 Å². The first-order valence-electron chi connectivity index (χ1n) is 3.44. The highest BCUT2D eigenvalue weighted by Crippen LogP contribution is 2.23. The third-order valence-electron chi connectivity index (χ3n) is 1.49. The summed E-state index contributed by atoms with van der Waals surface area (Å²) in [4.78, 5) is 13.7. The van der Waals surface area contributed by atoms with Gasteiger partial charge < -0.3 is 0 Å². The Hall–Kier alpha value is -1.54. The molecule has 0 saturated heterocycles. The zero-order chi connectivity index (χ0) is 10.7. The van der Waals surface area contributed by atoms with Gasteiger partial charge in [0, 0.05) is 5.56 Å². The van der Waals surface area contributed by atoms with Crippen LogP contribution in [0.4, 0.5) is 8.78 Å². The summed E-state index contributed by atoms with van der Waals surface area (Å²) in [6, 6.07) is 2.46. The summed E-state index contributed by atoms with van der Waals surface area (Å²) in [5.41, 5.74) is -0.982. The van der Waals surface area contributed by atoms with Crippen LogP contribution in [0.2, 0.25) is 5.15 Å². The van der Waals surface area contributed by atoms with Crippen molar-refractivity contribution in [3.8, 4) is 6.07 Å². The molecule has 0 atom stereocenters. The fourth-order valence-corrected chi connectivity index (χ4v) is 1.12. The molecule has 0 aliphatic rings. The van der Waals surface area contributed by atoms with Crippen LogP contribution in [0.3, 0.4) is 0 Å². The third kappa shape index (κ3) is 1.86. The summed E-state index contributed by atoms with van der Waals surface area (Å²) in [6.07, 6.45) is -2.53. The molecule has 6 heteroatoms. The Labute approximate surface area is 82.9 Å². The van der Waals surface area contributed by atoms with Crippen molar-refractivity contribution in [2.75, 3.05) is 0 Å². The molecule has 0 fully saturated rings. The Morgan fingerprint density at radius 2 is 2.29 bits per heavy atom. The highest BCUT2D eigenvalue weighted by Gasteiger charge is 2.15. The van der Waals surface area contributed by atoms with E-state index in [0.29, 0.717) is 0 Å². The molecule has 0 aromatic carbocycles. The minimum Gasteiger partial charge on any atom is -0.298 e. The van der Waals surface area contributed by atoms with Crippen molar-refractivity contribution in [1.82, 2.24) is 4.98 Å². The Kier molecular flexibility index (Phi) is 3.10. The maximum Gasteiger partial charge on any atom is 0.280 e. The van der Waals surface area contributed by atoms with Gasteiger partial charge in [0.2, 0.25) is 0 Å². The molecule has 1 rings (SSSR count). The number of hydrogen-bond donors (Lipinski definition) is 0. The van der Waals surface area contributed by atoms with Crippen molar-refractivity contribution < 1.29 is 13.6 Å². The van der Waals surface area contributed by atoms with Gasteiger partial charge in [0.15, 0.2) is 6.29 Å². The van der Waals surface area contributed by atoms with Crippen LogP contribution >= 0.6 is 11.6 Å². The number of nitriles is 1. The van der Waals surface area contributed by atoms with Gasteiger partial charge in [-0.05, 0) is 6.07 Å². The Morgan fingerprint density at radius 1 is 1.64 bits per heavy atom. The zero-order valence-corrected chi connectivity index (χ0v) is 7.42. The average molecular weight is 217 g/mol. The number of halogens is 3. The number of aromatic nitrogens is 1. The highest BCUT2D eigenvalue weighted by atomic mass is 35.5. The number of nitrogens with zero attached hydrogens (tertiary/aromatic N) is 2. The normalized spacial score (nSPS) is 9.93. The summed E-state index contributed by atoms with van der Waals surface area (Å²) in [7, 11) is 0. The topological polar surface area (TPSA) is 53.8 Å². The first-order chi connectivity index (χ1) is 6.60. The van der Waals surface area contributed by atoms with Crippen molar-refractivity contribution in [2.24, 2.45) is 0 Å². The molecule has 1 heterocycles. The summed E-state index contributed by atoms with van der Waals surface area (Å²) in [6.45, 7) is 0. The first-order valence-corrected chi connectivity index (χ1v) is 3.81. The lowest BCUT2D eigenvalue weighted by Crippen LogP contribution is -1.98. The fourth-order valence-electron chi connectivity index (χ4n) is 0.868. The van der Waals surface area contributed by atoms with Crippen LogP contribution in [0.1, 0.15) is 28.0 Å². The standard InChI is InChI=1S/C8H3ClF2N2O/c9-7-5(2-12)4(3-14)1-6(13-7)8(10)11/h1,3,8H. The monoisotopic (exact) mass is 216 g/mol. The van der Waals surface area contributed by atoms with Crippen LogP contribution in [0.15, 0.2) is 6.07 Å². The molecule has 1 aromatic rings. The second-order valence-electron chi connectivity index (χ2n) is 2.33. The average Bonchev–Trinajstić information content (AvgIpc) is 2.16. The van der Waals surface area contributed by atoms with Crippen molar-refractivity contribution in [2.45, 2.75) is 6.43 Å². The van der Waals surface area contributed by atoms with Crippen molar-refractivity contribution in [3.05, 3.63) is 28.0 Å². The highest BCUT2D eigenvalue weighted by molar-refractivity contribution is 6.30. The predicted molar refractivity (Wildman–Crippen MR) is 44.3 cm³/mol. The number of carbonyl (C=O) groups is 1. The molecule has 3 nitrogen and oxygen atoms in total. The van der Waals surface area contributed by atoms with E-state index in [1.807, 2.05) is 0 Å². The maximum absolute atomic E-state index is 12.2. The van der Waals surface area contributed by atoms with E-state index in [4.69, 9.17) is 16.9 Å². The molecule has 0 aliphatic heterocycles. The summed E-state index contributed by atoms with van der Waals surface area (Å²) < 4.78 is 24.4. The van der Waals surface area contributed by atoms with Gasteiger partial charge >= 0.3 is 0 Å². The van der Waals surface area contributed by atoms with E-state index in [0.717, 1.165) is 6.07 Å². The van der Waals surface area contributed by atoms with E-state index >= 15 is 0 Å². The van der Waals surface area contributed by atoms with Crippen LogP contribution < -0.4 is 0 Å². The van der Waals surface area contributed by atoms with Crippen molar-refractivity contribution in [3.63, 3.8) is 0 Å². The maximum atomic E-state index is 12.2. The van der Waals surface area contributed by atoms with Crippen LogP contribution in [0.25, 0.3) is 0 Å². The number of rotatable bonds is 2. The van der Waals surface area contributed by atoms with Crippen LogP contribution in [-0.4, -0.2) is 11.3 Å².